The highest BCUT2D eigenvalue weighted by Gasteiger charge is 2.08. The van der Waals surface area contributed by atoms with Crippen molar-refractivity contribution in [3.63, 3.8) is 0 Å². The molecule has 0 radical (unpaired) electrons. The summed E-state index contributed by atoms with van der Waals surface area (Å²) in [7, 11) is 0. The van der Waals surface area contributed by atoms with Crippen LogP contribution in [-0.4, -0.2) is 25.6 Å². The summed E-state index contributed by atoms with van der Waals surface area (Å²) in [5.74, 6) is 5.23. The summed E-state index contributed by atoms with van der Waals surface area (Å²) in [6.07, 6.45) is 2.45. The summed E-state index contributed by atoms with van der Waals surface area (Å²) in [6, 6.07) is 6.00. The minimum atomic E-state index is -0.460. The Hall–Kier alpha value is -2.81. The summed E-state index contributed by atoms with van der Waals surface area (Å²) in [5.41, 5.74) is 2.77. The van der Waals surface area contributed by atoms with Gasteiger partial charge in [-0.1, -0.05) is 0 Å². The number of carbonyl (C=O) groups is 1. The monoisotopic (exact) mass is 290 g/mol. The zero-order valence-corrected chi connectivity index (χ0v) is 11.1. The van der Waals surface area contributed by atoms with Crippen molar-refractivity contribution in [2.24, 2.45) is 5.84 Å². The van der Waals surface area contributed by atoms with Crippen molar-refractivity contribution in [1.82, 2.24) is 20.2 Å². The van der Waals surface area contributed by atoms with Crippen LogP contribution in [0.25, 0.3) is 11.4 Å². The van der Waals surface area contributed by atoms with Gasteiger partial charge in [0, 0.05) is 30.7 Å². The molecule has 0 unspecified atom stereocenters. The van der Waals surface area contributed by atoms with Crippen LogP contribution in [0.4, 0.5) is 5.69 Å². The Morgan fingerprint density at radius 1 is 1.38 bits per heavy atom. The molecular formula is C12H14N6O3. The van der Waals surface area contributed by atoms with Crippen LogP contribution < -0.4 is 11.3 Å². The van der Waals surface area contributed by atoms with Crippen molar-refractivity contribution in [2.75, 3.05) is 0 Å². The number of nitrogens with two attached hydrogens (primary N) is 1. The molecule has 0 aliphatic rings. The van der Waals surface area contributed by atoms with Gasteiger partial charge in [0.1, 0.15) is 6.33 Å². The van der Waals surface area contributed by atoms with Crippen LogP contribution >= 0.6 is 0 Å². The molecule has 0 bridgehead atoms. The van der Waals surface area contributed by atoms with E-state index < -0.39 is 4.92 Å². The minimum Gasteiger partial charge on any atom is -0.294 e. The van der Waals surface area contributed by atoms with Gasteiger partial charge < -0.3 is 0 Å². The molecule has 1 amide bonds. The van der Waals surface area contributed by atoms with E-state index in [9.17, 15) is 14.9 Å². The van der Waals surface area contributed by atoms with Crippen LogP contribution in [-0.2, 0) is 11.3 Å². The van der Waals surface area contributed by atoms with Crippen molar-refractivity contribution in [1.29, 1.82) is 0 Å². The number of hydrogen-bond acceptors (Lipinski definition) is 6. The highest BCUT2D eigenvalue weighted by atomic mass is 16.6. The molecule has 1 aromatic heterocycles. The maximum Gasteiger partial charge on any atom is 0.269 e. The van der Waals surface area contributed by atoms with Crippen molar-refractivity contribution >= 4 is 11.6 Å². The van der Waals surface area contributed by atoms with Gasteiger partial charge in [-0.25, -0.2) is 10.8 Å². The molecule has 0 aliphatic carbocycles. The fourth-order valence-electron chi connectivity index (χ4n) is 1.74. The van der Waals surface area contributed by atoms with Gasteiger partial charge in [-0.15, -0.1) is 0 Å². The van der Waals surface area contributed by atoms with Gasteiger partial charge in [-0.3, -0.25) is 25.0 Å². The molecule has 0 fully saturated rings. The summed E-state index contributed by atoms with van der Waals surface area (Å²) >= 11 is 0. The van der Waals surface area contributed by atoms with E-state index in [1.165, 1.54) is 12.1 Å². The van der Waals surface area contributed by atoms with E-state index in [1.54, 1.807) is 23.1 Å². The molecule has 110 valence electrons. The van der Waals surface area contributed by atoms with Gasteiger partial charge >= 0.3 is 0 Å². The smallest absolute Gasteiger partial charge is 0.269 e. The number of amides is 1. The lowest BCUT2D eigenvalue weighted by atomic mass is 10.2. The fraction of sp³-hybridized carbons (Fsp3) is 0.250. The summed E-state index contributed by atoms with van der Waals surface area (Å²) < 4.78 is 1.61. The molecule has 21 heavy (non-hydrogen) atoms. The van der Waals surface area contributed by atoms with Gasteiger partial charge in [0.25, 0.3) is 5.69 Å². The molecule has 0 atom stereocenters. The van der Waals surface area contributed by atoms with Gasteiger partial charge in [0.2, 0.25) is 5.91 Å². The van der Waals surface area contributed by atoms with Gasteiger partial charge in [0.15, 0.2) is 5.82 Å². The lowest BCUT2D eigenvalue weighted by Crippen LogP contribution is -2.29. The van der Waals surface area contributed by atoms with Gasteiger partial charge in [-0.05, 0) is 18.6 Å². The number of benzene rings is 1. The minimum absolute atomic E-state index is 0.0194. The largest absolute Gasteiger partial charge is 0.294 e. The van der Waals surface area contributed by atoms with E-state index in [4.69, 9.17) is 5.84 Å². The summed E-state index contributed by atoms with van der Waals surface area (Å²) in [4.78, 5) is 25.2. The number of nitrogens with zero attached hydrogens (tertiary/aromatic N) is 4. The average molecular weight is 290 g/mol. The number of aryl methyl sites for hydroxylation is 1. The van der Waals surface area contributed by atoms with E-state index in [0.29, 0.717) is 30.8 Å². The highest BCUT2D eigenvalue weighted by molar-refractivity contribution is 5.75. The zero-order chi connectivity index (χ0) is 15.2. The Kier molecular flexibility index (Phi) is 4.57. The fourth-order valence-corrected chi connectivity index (χ4v) is 1.74. The summed E-state index contributed by atoms with van der Waals surface area (Å²) in [5, 5.41) is 14.8. The molecule has 9 heteroatoms. The normalized spacial score (nSPS) is 10.3. The third-order valence-corrected chi connectivity index (χ3v) is 2.82. The zero-order valence-electron chi connectivity index (χ0n) is 11.1. The van der Waals surface area contributed by atoms with Crippen molar-refractivity contribution < 1.29 is 9.72 Å². The molecule has 0 saturated heterocycles. The predicted octanol–water partition coefficient (Wildman–Crippen LogP) is 0.623. The summed E-state index contributed by atoms with van der Waals surface area (Å²) in [6.45, 7) is 0.535. The Labute approximate surface area is 119 Å². The maximum atomic E-state index is 11.0. The van der Waals surface area contributed by atoms with E-state index in [0.717, 1.165) is 0 Å². The second-order valence-corrected chi connectivity index (χ2v) is 4.31. The molecule has 9 nitrogen and oxygen atoms in total. The van der Waals surface area contributed by atoms with Crippen LogP contribution in [0, 0.1) is 10.1 Å². The average Bonchev–Trinajstić information content (AvgIpc) is 2.96. The topological polar surface area (TPSA) is 129 Å². The van der Waals surface area contributed by atoms with Crippen LogP contribution in [0.1, 0.15) is 12.8 Å². The standard InChI is InChI=1S/C12H14N6O3/c13-15-11(19)2-1-7-17-8-14-12(16-17)9-3-5-10(6-4-9)18(20)21/h3-6,8H,1-2,7,13H2,(H,15,19). The Balaban J connectivity index is 1.99. The number of nitro groups is 1. The van der Waals surface area contributed by atoms with E-state index in [-0.39, 0.29) is 11.6 Å². The molecular weight excluding hydrogens is 276 g/mol. The van der Waals surface area contributed by atoms with Crippen molar-refractivity contribution in [3.8, 4) is 11.4 Å². The number of nitro benzene ring substituents is 1. The van der Waals surface area contributed by atoms with E-state index >= 15 is 0 Å². The molecule has 2 aromatic rings. The molecule has 1 aromatic carbocycles. The number of hydrazine groups is 1. The van der Waals surface area contributed by atoms with Crippen LogP contribution in [0.2, 0.25) is 0 Å². The van der Waals surface area contributed by atoms with Crippen LogP contribution in [0.15, 0.2) is 30.6 Å². The SMILES string of the molecule is NNC(=O)CCCn1cnc(-c2ccc([N+](=O)[O-])cc2)n1. The number of carbonyl (C=O) groups excluding carboxylic acids is 1. The first-order valence-corrected chi connectivity index (χ1v) is 6.24. The highest BCUT2D eigenvalue weighted by Crippen LogP contribution is 2.18. The number of non-ortho nitro benzene ring substituents is 1. The Morgan fingerprint density at radius 3 is 2.71 bits per heavy atom. The Morgan fingerprint density at radius 2 is 2.10 bits per heavy atom. The molecule has 0 aliphatic heterocycles. The Bertz CT molecular complexity index is 637. The van der Waals surface area contributed by atoms with Gasteiger partial charge in [0.05, 0.1) is 4.92 Å². The first kappa shape index (κ1) is 14.6. The maximum absolute atomic E-state index is 11.0. The lowest BCUT2D eigenvalue weighted by Gasteiger charge is -2.00. The number of rotatable bonds is 6. The number of hydrogen-bond donors (Lipinski definition) is 2. The molecule has 2 rings (SSSR count). The second kappa shape index (κ2) is 6.57. The second-order valence-electron chi connectivity index (χ2n) is 4.31. The van der Waals surface area contributed by atoms with E-state index in [2.05, 4.69) is 15.5 Å². The molecule has 1 heterocycles. The van der Waals surface area contributed by atoms with Crippen molar-refractivity contribution in [3.05, 3.63) is 40.7 Å². The van der Waals surface area contributed by atoms with Crippen LogP contribution in [0.3, 0.4) is 0 Å². The number of nitrogens with one attached hydrogen (secondary N) is 1. The number of aromatic nitrogens is 3. The molecule has 0 saturated carbocycles. The van der Waals surface area contributed by atoms with E-state index in [1.807, 2.05) is 0 Å². The van der Waals surface area contributed by atoms with Crippen molar-refractivity contribution in [2.45, 2.75) is 19.4 Å². The molecule has 3 N–H and O–H groups in total. The third-order valence-electron chi connectivity index (χ3n) is 2.82. The first-order valence-electron chi connectivity index (χ1n) is 6.24. The lowest BCUT2D eigenvalue weighted by molar-refractivity contribution is -0.384. The first-order chi connectivity index (χ1) is 10.1. The van der Waals surface area contributed by atoms with Crippen LogP contribution in [0.5, 0.6) is 0 Å². The third kappa shape index (κ3) is 3.83. The molecule has 0 spiro atoms. The van der Waals surface area contributed by atoms with Gasteiger partial charge in [-0.2, -0.15) is 5.10 Å². The predicted molar refractivity (Wildman–Crippen MR) is 73.7 cm³/mol. The quantitative estimate of drug-likeness (QED) is 0.347.